The zero-order chi connectivity index (χ0) is 12.7. The van der Waals surface area contributed by atoms with Crippen LogP contribution in [0.3, 0.4) is 0 Å². The first kappa shape index (κ1) is 13.2. The number of nitrogens with one attached hydrogen (secondary N) is 3. The summed E-state index contributed by atoms with van der Waals surface area (Å²) in [6.45, 7) is 2.53. The fourth-order valence-corrected chi connectivity index (χ4v) is 1.15. The van der Waals surface area contributed by atoms with Crippen LogP contribution in [0.4, 0.5) is 5.82 Å². The fourth-order valence-electron chi connectivity index (χ4n) is 1.15. The number of carbonyl (C=O) groups is 1. The van der Waals surface area contributed by atoms with Crippen molar-refractivity contribution in [3.8, 4) is 0 Å². The first-order valence-electron chi connectivity index (χ1n) is 5.22. The third-order valence-corrected chi connectivity index (χ3v) is 2.06. The minimum Gasteiger partial charge on any atom is -0.383 e. The average Bonchev–Trinajstić information content (AvgIpc) is 2.32. The van der Waals surface area contributed by atoms with Crippen LogP contribution in [0.5, 0.6) is 0 Å². The number of ether oxygens (including phenoxy) is 1. The van der Waals surface area contributed by atoms with Gasteiger partial charge in [-0.2, -0.15) is 0 Å². The lowest BCUT2D eigenvalue weighted by atomic mass is 10.3. The van der Waals surface area contributed by atoms with Crippen LogP contribution < -0.4 is 16.2 Å². The van der Waals surface area contributed by atoms with E-state index in [2.05, 4.69) is 20.6 Å². The molecule has 0 saturated carbocycles. The number of anilines is 1. The quantitative estimate of drug-likeness (QED) is 0.573. The van der Waals surface area contributed by atoms with Crippen molar-refractivity contribution in [2.24, 2.45) is 0 Å². The molecular formula is C10H16N4O3. The molecule has 0 radical (unpaired) electrons. The number of aromatic nitrogens is 2. The minimum absolute atomic E-state index is 0.127. The Balaban J connectivity index is 2.49. The van der Waals surface area contributed by atoms with E-state index in [4.69, 9.17) is 4.74 Å². The number of hydrogen-bond donors (Lipinski definition) is 3. The van der Waals surface area contributed by atoms with Crippen LogP contribution in [0.1, 0.15) is 6.92 Å². The number of methoxy groups -OCH3 is 1. The van der Waals surface area contributed by atoms with Crippen molar-refractivity contribution in [2.75, 3.05) is 25.6 Å². The van der Waals surface area contributed by atoms with Crippen molar-refractivity contribution in [3.05, 3.63) is 22.7 Å². The smallest absolute Gasteiger partial charge is 0.290 e. The number of hydrogen-bond acceptors (Lipinski definition) is 5. The lowest BCUT2D eigenvalue weighted by Crippen LogP contribution is -2.40. The third kappa shape index (κ3) is 4.23. The molecule has 3 N–H and O–H groups in total. The molecule has 1 rings (SSSR count). The Morgan fingerprint density at radius 1 is 1.65 bits per heavy atom. The minimum atomic E-state index is -0.539. The van der Waals surface area contributed by atoms with Crippen molar-refractivity contribution in [1.82, 2.24) is 15.3 Å². The summed E-state index contributed by atoms with van der Waals surface area (Å²) in [5.74, 6) is -0.0889. The molecule has 94 valence electrons. The van der Waals surface area contributed by atoms with Gasteiger partial charge in [0.25, 0.3) is 5.56 Å². The molecule has 0 aliphatic carbocycles. The highest BCUT2D eigenvalue weighted by atomic mass is 16.5. The summed E-state index contributed by atoms with van der Waals surface area (Å²) < 4.78 is 4.81. The molecule has 17 heavy (non-hydrogen) atoms. The van der Waals surface area contributed by atoms with E-state index >= 15 is 0 Å². The van der Waals surface area contributed by atoms with Crippen molar-refractivity contribution in [2.45, 2.75) is 13.0 Å². The van der Waals surface area contributed by atoms with E-state index in [1.54, 1.807) is 14.0 Å². The van der Waals surface area contributed by atoms with Crippen LogP contribution in [0.2, 0.25) is 0 Å². The summed E-state index contributed by atoms with van der Waals surface area (Å²) in [7, 11) is 1.56. The first-order chi connectivity index (χ1) is 8.15. The molecule has 7 heteroatoms. The van der Waals surface area contributed by atoms with Gasteiger partial charge in [0.1, 0.15) is 6.04 Å². The van der Waals surface area contributed by atoms with Gasteiger partial charge in [-0.3, -0.25) is 9.59 Å². The molecule has 1 aromatic heterocycles. The molecule has 0 spiro atoms. The van der Waals surface area contributed by atoms with E-state index in [0.29, 0.717) is 13.2 Å². The first-order valence-corrected chi connectivity index (χ1v) is 5.22. The highest BCUT2D eigenvalue weighted by Gasteiger charge is 2.13. The molecule has 1 unspecified atom stereocenters. The highest BCUT2D eigenvalue weighted by Crippen LogP contribution is 1.95. The number of rotatable bonds is 6. The normalized spacial score (nSPS) is 11.9. The molecule has 0 saturated heterocycles. The number of carbonyl (C=O) groups excluding carboxylic acids is 1. The molecule has 1 atom stereocenters. The molecule has 0 aliphatic heterocycles. The summed E-state index contributed by atoms with van der Waals surface area (Å²) in [5, 5.41) is 5.39. The molecule has 1 aromatic rings. The SMILES string of the molecule is COCCNC(=O)C(C)Nc1ncc[nH]c1=O. The predicted octanol–water partition coefficient (Wildman–Crippen LogP) is -0.667. The summed E-state index contributed by atoms with van der Waals surface area (Å²) in [4.78, 5) is 29.2. The van der Waals surface area contributed by atoms with Gasteiger partial charge in [0.05, 0.1) is 6.61 Å². The van der Waals surface area contributed by atoms with Crippen molar-refractivity contribution in [3.63, 3.8) is 0 Å². The van der Waals surface area contributed by atoms with Crippen molar-refractivity contribution in [1.29, 1.82) is 0 Å². The summed E-state index contributed by atoms with van der Waals surface area (Å²) in [6.07, 6.45) is 2.87. The van der Waals surface area contributed by atoms with E-state index < -0.39 is 6.04 Å². The largest absolute Gasteiger partial charge is 0.383 e. The van der Waals surface area contributed by atoms with Crippen LogP contribution in [0.25, 0.3) is 0 Å². The van der Waals surface area contributed by atoms with E-state index in [9.17, 15) is 9.59 Å². The molecule has 0 aromatic carbocycles. The van der Waals surface area contributed by atoms with E-state index in [0.717, 1.165) is 0 Å². The fraction of sp³-hybridized carbons (Fsp3) is 0.500. The molecular weight excluding hydrogens is 224 g/mol. The molecule has 1 heterocycles. The van der Waals surface area contributed by atoms with Gasteiger partial charge in [-0.25, -0.2) is 4.98 Å². The second-order valence-corrected chi connectivity index (χ2v) is 3.42. The van der Waals surface area contributed by atoms with Crippen LogP contribution >= 0.6 is 0 Å². The van der Waals surface area contributed by atoms with Gasteiger partial charge in [-0.1, -0.05) is 0 Å². The molecule has 0 aliphatic rings. The van der Waals surface area contributed by atoms with Gasteiger partial charge in [0.2, 0.25) is 5.91 Å². The zero-order valence-electron chi connectivity index (χ0n) is 9.82. The standard InChI is InChI=1S/C10H16N4O3/c1-7(9(15)13-5-6-17-2)14-8-10(16)12-4-3-11-8/h3-4,7H,5-6H2,1-2H3,(H,11,14)(H,12,16)(H,13,15). The molecule has 1 amide bonds. The lowest BCUT2D eigenvalue weighted by Gasteiger charge is -2.13. The maximum absolute atomic E-state index is 11.6. The Hall–Kier alpha value is -1.89. The van der Waals surface area contributed by atoms with Crippen LogP contribution in [-0.2, 0) is 9.53 Å². The van der Waals surface area contributed by atoms with Gasteiger partial charge < -0.3 is 20.4 Å². The third-order valence-electron chi connectivity index (χ3n) is 2.06. The monoisotopic (exact) mass is 240 g/mol. The Morgan fingerprint density at radius 2 is 2.41 bits per heavy atom. The maximum atomic E-state index is 11.6. The van der Waals surface area contributed by atoms with E-state index in [1.165, 1.54) is 12.4 Å². The van der Waals surface area contributed by atoms with E-state index in [-0.39, 0.29) is 17.3 Å². The van der Waals surface area contributed by atoms with Gasteiger partial charge in [-0.15, -0.1) is 0 Å². The van der Waals surface area contributed by atoms with Crippen LogP contribution in [0.15, 0.2) is 17.2 Å². The second-order valence-electron chi connectivity index (χ2n) is 3.42. The van der Waals surface area contributed by atoms with Crippen LogP contribution in [0, 0.1) is 0 Å². The highest BCUT2D eigenvalue weighted by molar-refractivity contribution is 5.83. The number of nitrogens with zero attached hydrogens (tertiary/aromatic N) is 1. The average molecular weight is 240 g/mol. The Morgan fingerprint density at radius 3 is 3.06 bits per heavy atom. The Labute approximate surface area is 98.6 Å². The van der Waals surface area contributed by atoms with Crippen LogP contribution in [-0.4, -0.2) is 42.2 Å². The molecule has 0 fully saturated rings. The topological polar surface area (TPSA) is 96.1 Å². The summed E-state index contributed by atoms with van der Waals surface area (Å²) in [6, 6.07) is -0.539. The second kappa shape index (κ2) is 6.64. The molecule has 7 nitrogen and oxygen atoms in total. The lowest BCUT2D eigenvalue weighted by molar-refractivity contribution is -0.121. The zero-order valence-corrected chi connectivity index (χ0v) is 9.82. The van der Waals surface area contributed by atoms with Crippen molar-refractivity contribution < 1.29 is 9.53 Å². The Bertz CT molecular complexity index is 418. The van der Waals surface area contributed by atoms with E-state index in [1.807, 2.05) is 0 Å². The van der Waals surface area contributed by atoms with Gasteiger partial charge in [-0.05, 0) is 6.92 Å². The predicted molar refractivity (Wildman–Crippen MR) is 62.8 cm³/mol. The number of amides is 1. The summed E-state index contributed by atoms with van der Waals surface area (Å²) >= 11 is 0. The molecule has 0 bridgehead atoms. The van der Waals surface area contributed by atoms with Gasteiger partial charge >= 0.3 is 0 Å². The maximum Gasteiger partial charge on any atom is 0.290 e. The van der Waals surface area contributed by atoms with Gasteiger partial charge in [0.15, 0.2) is 5.82 Å². The summed E-state index contributed by atoms with van der Waals surface area (Å²) in [5.41, 5.74) is -0.357. The van der Waals surface area contributed by atoms with Gasteiger partial charge in [0, 0.05) is 26.0 Å². The number of aromatic amines is 1. The van der Waals surface area contributed by atoms with Crippen molar-refractivity contribution >= 4 is 11.7 Å². The Kier molecular flexibility index (Phi) is 5.15. The number of H-pyrrole nitrogens is 1.